The fourth-order valence-corrected chi connectivity index (χ4v) is 2.48. The molecule has 1 aromatic carbocycles. The molecule has 2 aliphatic rings. The van der Waals surface area contributed by atoms with E-state index in [4.69, 9.17) is 20.5 Å². The fourth-order valence-electron chi connectivity index (χ4n) is 2.48. The molecule has 1 aromatic rings. The van der Waals surface area contributed by atoms with Gasteiger partial charge in [0.05, 0.1) is 6.07 Å². The lowest BCUT2D eigenvalue weighted by Gasteiger charge is -2.37. The van der Waals surface area contributed by atoms with Crippen LogP contribution >= 0.6 is 0 Å². The van der Waals surface area contributed by atoms with Gasteiger partial charge in [0.25, 0.3) is 0 Å². The summed E-state index contributed by atoms with van der Waals surface area (Å²) in [6, 6.07) is 8.04. The second kappa shape index (κ2) is 4.07. The summed E-state index contributed by atoms with van der Waals surface area (Å²) in [7, 11) is 0. The SMILES string of the molecule is N#CC1(N)CCCN(c2ccc3c(c2)OCO3)C1. The number of rotatable bonds is 1. The van der Waals surface area contributed by atoms with Crippen molar-refractivity contribution in [3.63, 3.8) is 0 Å². The number of nitriles is 1. The summed E-state index contributed by atoms with van der Waals surface area (Å²) in [6.45, 7) is 1.75. The average Bonchev–Trinajstić information content (AvgIpc) is 2.86. The highest BCUT2D eigenvalue weighted by molar-refractivity contribution is 5.57. The van der Waals surface area contributed by atoms with E-state index in [-0.39, 0.29) is 6.79 Å². The second-order valence-electron chi connectivity index (χ2n) is 4.83. The Balaban J connectivity index is 1.85. The molecule has 0 bridgehead atoms. The highest BCUT2D eigenvalue weighted by Crippen LogP contribution is 2.36. The number of piperidine rings is 1. The maximum atomic E-state index is 9.12. The highest BCUT2D eigenvalue weighted by Gasteiger charge is 2.32. The number of nitrogens with two attached hydrogens (primary N) is 1. The summed E-state index contributed by atoms with van der Waals surface area (Å²) in [5, 5.41) is 9.12. The molecule has 2 aliphatic heterocycles. The first-order valence-corrected chi connectivity index (χ1v) is 6.05. The first-order valence-electron chi connectivity index (χ1n) is 6.05. The molecule has 0 saturated carbocycles. The molecule has 18 heavy (non-hydrogen) atoms. The average molecular weight is 245 g/mol. The Morgan fingerprint density at radius 3 is 3.00 bits per heavy atom. The van der Waals surface area contributed by atoms with Gasteiger partial charge in [-0.2, -0.15) is 5.26 Å². The van der Waals surface area contributed by atoms with Gasteiger partial charge in [-0.25, -0.2) is 0 Å². The van der Waals surface area contributed by atoms with Gasteiger partial charge < -0.3 is 20.1 Å². The van der Waals surface area contributed by atoms with Crippen LogP contribution in [-0.4, -0.2) is 25.4 Å². The Bertz CT molecular complexity index is 511. The summed E-state index contributed by atoms with van der Waals surface area (Å²) >= 11 is 0. The number of ether oxygens (including phenoxy) is 2. The Morgan fingerprint density at radius 2 is 2.17 bits per heavy atom. The number of hydrogen-bond acceptors (Lipinski definition) is 5. The zero-order chi connectivity index (χ0) is 12.6. The van der Waals surface area contributed by atoms with E-state index in [1.165, 1.54) is 0 Å². The van der Waals surface area contributed by atoms with E-state index < -0.39 is 5.54 Å². The van der Waals surface area contributed by atoms with Crippen molar-refractivity contribution in [2.24, 2.45) is 5.73 Å². The van der Waals surface area contributed by atoms with Crippen LogP contribution in [0.1, 0.15) is 12.8 Å². The van der Waals surface area contributed by atoms with Crippen LogP contribution < -0.4 is 20.1 Å². The number of hydrogen-bond donors (Lipinski definition) is 1. The van der Waals surface area contributed by atoms with Gasteiger partial charge in [0.1, 0.15) is 5.54 Å². The molecule has 5 nitrogen and oxygen atoms in total. The minimum Gasteiger partial charge on any atom is -0.454 e. The predicted octanol–water partition coefficient (Wildman–Crippen LogP) is 1.24. The number of anilines is 1. The van der Waals surface area contributed by atoms with Crippen LogP contribution in [0.25, 0.3) is 0 Å². The number of fused-ring (bicyclic) bond motifs is 1. The number of nitrogens with zero attached hydrogens (tertiary/aromatic N) is 2. The van der Waals surface area contributed by atoms with E-state index in [0.29, 0.717) is 6.54 Å². The lowest BCUT2D eigenvalue weighted by Crippen LogP contribution is -2.53. The molecular weight excluding hydrogens is 230 g/mol. The molecule has 0 radical (unpaired) electrons. The van der Waals surface area contributed by atoms with Crippen LogP contribution in [0.4, 0.5) is 5.69 Å². The summed E-state index contributed by atoms with van der Waals surface area (Å²) in [6.07, 6.45) is 1.68. The third-order valence-electron chi connectivity index (χ3n) is 3.47. The van der Waals surface area contributed by atoms with Gasteiger partial charge in [-0.1, -0.05) is 0 Å². The van der Waals surface area contributed by atoms with Crippen molar-refractivity contribution in [1.82, 2.24) is 0 Å². The summed E-state index contributed by atoms with van der Waals surface area (Å²) in [5.41, 5.74) is 6.33. The van der Waals surface area contributed by atoms with Crippen molar-refractivity contribution in [2.45, 2.75) is 18.4 Å². The predicted molar refractivity (Wildman–Crippen MR) is 66.5 cm³/mol. The van der Waals surface area contributed by atoms with Gasteiger partial charge in [0.15, 0.2) is 11.5 Å². The van der Waals surface area contributed by atoms with E-state index in [2.05, 4.69) is 11.0 Å². The minimum atomic E-state index is -0.741. The summed E-state index contributed by atoms with van der Waals surface area (Å²) in [5.74, 6) is 1.53. The smallest absolute Gasteiger partial charge is 0.231 e. The zero-order valence-corrected chi connectivity index (χ0v) is 10.1. The molecule has 5 heteroatoms. The lowest BCUT2D eigenvalue weighted by atomic mass is 9.91. The molecule has 3 rings (SSSR count). The molecule has 0 aromatic heterocycles. The van der Waals surface area contributed by atoms with E-state index in [0.717, 1.165) is 36.6 Å². The van der Waals surface area contributed by atoms with Crippen molar-refractivity contribution < 1.29 is 9.47 Å². The Labute approximate surface area is 106 Å². The van der Waals surface area contributed by atoms with Crippen molar-refractivity contribution in [2.75, 3.05) is 24.8 Å². The Morgan fingerprint density at radius 1 is 1.33 bits per heavy atom. The normalized spacial score (nSPS) is 25.9. The zero-order valence-electron chi connectivity index (χ0n) is 10.1. The molecule has 1 saturated heterocycles. The molecule has 1 atom stereocenters. The maximum Gasteiger partial charge on any atom is 0.231 e. The van der Waals surface area contributed by atoms with Gasteiger partial charge in [-0.3, -0.25) is 0 Å². The van der Waals surface area contributed by atoms with Gasteiger partial charge in [0, 0.05) is 24.8 Å². The van der Waals surface area contributed by atoms with Crippen molar-refractivity contribution in [1.29, 1.82) is 5.26 Å². The maximum absolute atomic E-state index is 9.12. The van der Waals surface area contributed by atoms with E-state index in [9.17, 15) is 0 Å². The van der Waals surface area contributed by atoms with Crippen LogP contribution in [0.15, 0.2) is 18.2 Å². The quantitative estimate of drug-likeness (QED) is 0.805. The van der Waals surface area contributed by atoms with Crippen LogP contribution in [0, 0.1) is 11.3 Å². The summed E-state index contributed by atoms with van der Waals surface area (Å²) < 4.78 is 10.6. The molecule has 0 spiro atoms. The van der Waals surface area contributed by atoms with Crippen LogP contribution in [0.3, 0.4) is 0 Å². The van der Waals surface area contributed by atoms with E-state index in [1.807, 2.05) is 18.2 Å². The highest BCUT2D eigenvalue weighted by atomic mass is 16.7. The Hall–Kier alpha value is -1.93. The molecule has 2 heterocycles. The molecule has 0 amide bonds. The third kappa shape index (κ3) is 1.85. The fraction of sp³-hybridized carbons (Fsp3) is 0.462. The Kier molecular flexibility index (Phi) is 2.53. The minimum absolute atomic E-state index is 0.276. The lowest BCUT2D eigenvalue weighted by molar-refractivity contribution is 0.174. The third-order valence-corrected chi connectivity index (χ3v) is 3.47. The van der Waals surface area contributed by atoms with Crippen LogP contribution in [0.2, 0.25) is 0 Å². The molecular formula is C13H15N3O2. The standard InChI is InChI=1S/C13H15N3O2/c14-7-13(15)4-1-5-16(8-13)10-2-3-11-12(6-10)18-9-17-11/h2-3,6H,1,4-5,8-9,15H2. The van der Waals surface area contributed by atoms with Gasteiger partial charge in [-0.05, 0) is 25.0 Å². The first kappa shape index (κ1) is 11.2. The van der Waals surface area contributed by atoms with E-state index >= 15 is 0 Å². The van der Waals surface area contributed by atoms with Gasteiger partial charge in [0.2, 0.25) is 6.79 Å². The summed E-state index contributed by atoms with van der Waals surface area (Å²) in [4.78, 5) is 2.13. The number of benzene rings is 1. The molecule has 1 unspecified atom stereocenters. The molecule has 0 aliphatic carbocycles. The van der Waals surface area contributed by atoms with Crippen molar-refractivity contribution in [3.05, 3.63) is 18.2 Å². The molecule has 1 fully saturated rings. The largest absolute Gasteiger partial charge is 0.454 e. The van der Waals surface area contributed by atoms with Gasteiger partial charge >= 0.3 is 0 Å². The topological polar surface area (TPSA) is 71.5 Å². The molecule has 2 N–H and O–H groups in total. The van der Waals surface area contributed by atoms with Crippen LogP contribution in [-0.2, 0) is 0 Å². The molecule has 94 valence electrons. The van der Waals surface area contributed by atoms with Crippen molar-refractivity contribution >= 4 is 5.69 Å². The van der Waals surface area contributed by atoms with Crippen molar-refractivity contribution in [3.8, 4) is 17.6 Å². The van der Waals surface area contributed by atoms with E-state index in [1.54, 1.807) is 0 Å². The van der Waals surface area contributed by atoms with Gasteiger partial charge in [-0.15, -0.1) is 0 Å². The monoisotopic (exact) mass is 245 g/mol. The second-order valence-corrected chi connectivity index (χ2v) is 4.83. The first-order chi connectivity index (χ1) is 8.70. The van der Waals surface area contributed by atoms with Crippen LogP contribution in [0.5, 0.6) is 11.5 Å².